The van der Waals surface area contributed by atoms with Gasteiger partial charge < -0.3 is 10.0 Å². The molecule has 0 aromatic rings. The fourth-order valence-electron chi connectivity index (χ4n) is 2.62. The maximum atomic E-state index is 11.1. The molecule has 2 fully saturated rings. The van der Waals surface area contributed by atoms with Gasteiger partial charge in [0.2, 0.25) is 5.91 Å². The first kappa shape index (κ1) is 10.9. The normalized spacial score (nSPS) is 37.5. The van der Waals surface area contributed by atoms with Crippen LogP contribution in [0, 0.1) is 0 Å². The van der Waals surface area contributed by atoms with Crippen LogP contribution >= 0.6 is 0 Å². The van der Waals surface area contributed by atoms with Crippen LogP contribution < -0.4 is 0 Å². The largest absolute Gasteiger partial charge is 0.389 e. The van der Waals surface area contributed by atoms with Gasteiger partial charge in [-0.15, -0.1) is 0 Å². The van der Waals surface area contributed by atoms with Crippen molar-refractivity contribution in [3.8, 4) is 0 Å². The summed E-state index contributed by atoms with van der Waals surface area (Å²) in [5.74, 6) is 0.162. The van der Waals surface area contributed by atoms with E-state index in [1.54, 1.807) is 6.92 Å². The molecule has 0 radical (unpaired) electrons. The predicted molar refractivity (Wildman–Crippen MR) is 57.5 cm³/mol. The van der Waals surface area contributed by atoms with Crippen molar-refractivity contribution in [3.63, 3.8) is 0 Å². The summed E-state index contributed by atoms with van der Waals surface area (Å²) in [6, 6.07) is 0.312. The second-order valence-corrected chi connectivity index (χ2v) is 4.95. The van der Waals surface area contributed by atoms with Gasteiger partial charge in [0, 0.05) is 39.1 Å². The summed E-state index contributed by atoms with van der Waals surface area (Å²) in [5.41, 5.74) is -0.502. The first-order valence-corrected chi connectivity index (χ1v) is 5.72. The van der Waals surface area contributed by atoms with Crippen LogP contribution in [-0.2, 0) is 4.79 Å². The van der Waals surface area contributed by atoms with E-state index in [4.69, 9.17) is 0 Å². The average Bonchev–Trinajstić information content (AvgIpc) is 2.17. The topological polar surface area (TPSA) is 43.8 Å². The molecular weight excluding hydrogens is 192 g/mol. The van der Waals surface area contributed by atoms with Crippen molar-refractivity contribution in [2.24, 2.45) is 0 Å². The molecule has 2 aliphatic rings. The Labute approximate surface area is 90.9 Å². The molecular formula is C11H20N2O2. The number of carbonyl (C=O) groups is 1. The van der Waals surface area contributed by atoms with E-state index in [0.29, 0.717) is 6.04 Å². The van der Waals surface area contributed by atoms with Gasteiger partial charge in [-0.1, -0.05) is 0 Å². The highest BCUT2D eigenvalue weighted by molar-refractivity contribution is 5.73. The maximum Gasteiger partial charge on any atom is 0.219 e. The number of aliphatic hydroxyl groups is 1. The van der Waals surface area contributed by atoms with E-state index < -0.39 is 5.60 Å². The second-order valence-electron chi connectivity index (χ2n) is 4.95. The SMILES string of the molecule is CC(=O)N1CCN([C@@H]2CC[C@]2(C)O)CC1. The van der Waals surface area contributed by atoms with Crippen molar-refractivity contribution in [3.05, 3.63) is 0 Å². The van der Waals surface area contributed by atoms with E-state index in [1.807, 2.05) is 11.8 Å². The van der Waals surface area contributed by atoms with Gasteiger partial charge in [0.25, 0.3) is 0 Å². The Hall–Kier alpha value is -0.610. The van der Waals surface area contributed by atoms with Gasteiger partial charge >= 0.3 is 0 Å². The predicted octanol–water partition coefficient (Wildman–Crippen LogP) is 0.0639. The third kappa shape index (κ3) is 2.01. The molecule has 1 saturated carbocycles. The van der Waals surface area contributed by atoms with E-state index in [2.05, 4.69) is 4.90 Å². The first-order chi connectivity index (χ1) is 7.00. The van der Waals surface area contributed by atoms with Gasteiger partial charge in [0.15, 0.2) is 0 Å². The molecule has 1 N–H and O–H groups in total. The number of rotatable bonds is 1. The Morgan fingerprint density at radius 1 is 1.33 bits per heavy atom. The van der Waals surface area contributed by atoms with Crippen molar-refractivity contribution in [1.29, 1.82) is 0 Å². The van der Waals surface area contributed by atoms with E-state index in [9.17, 15) is 9.90 Å². The quantitative estimate of drug-likeness (QED) is 0.668. The van der Waals surface area contributed by atoms with Crippen molar-refractivity contribution < 1.29 is 9.90 Å². The standard InChI is InChI=1S/C11H20N2O2/c1-9(14)12-5-7-13(8-6-12)10-3-4-11(10,2)15/h10,15H,3-8H2,1-2H3/t10-,11+/m1/s1. The van der Waals surface area contributed by atoms with Crippen LogP contribution in [0.4, 0.5) is 0 Å². The van der Waals surface area contributed by atoms with Crippen LogP contribution in [0.5, 0.6) is 0 Å². The Kier molecular flexibility index (Phi) is 2.73. The minimum atomic E-state index is -0.502. The molecule has 4 nitrogen and oxygen atoms in total. The van der Waals surface area contributed by atoms with Crippen LogP contribution in [0.2, 0.25) is 0 Å². The minimum Gasteiger partial charge on any atom is -0.389 e. The molecule has 2 rings (SSSR count). The fraction of sp³-hybridized carbons (Fsp3) is 0.909. The lowest BCUT2D eigenvalue weighted by atomic mass is 9.75. The molecule has 15 heavy (non-hydrogen) atoms. The van der Waals surface area contributed by atoms with Gasteiger partial charge in [-0.3, -0.25) is 9.69 Å². The highest BCUT2D eigenvalue weighted by Gasteiger charge is 2.44. The van der Waals surface area contributed by atoms with Gasteiger partial charge in [0.05, 0.1) is 5.60 Å². The van der Waals surface area contributed by atoms with Crippen molar-refractivity contribution >= 4 is 5.91 Å². The molecule has 2 atom stereocenters. The second kappa shape index (κ2) is 3.76. The molecule has 0 unspecified atom stereocenters. The van der Waals surface area contributed by atoms with E-state index in [0.717, 1.165) is 39.0 Å². The van der Waals surface area contributed by atoms with Crippen LogP contribution in [0.15, 0.2) is 0 Å². The minimum absolute atomic E-state index is 0.162. The zero-order valence-corrected chi connectivity index (χ0v) is 9.57. The zero-order valence-electron chi connectivity index (χ0n) is 9.57. The fourth-order valence-corrected chi connectivity index (χ4v) is 2.62. The van der Waals surface area contributed by atoms with Gasteiger partial charge in [-0.2, -0.15) is 0 Å². The van der Waals surface area contributed by atoms with Crippen LogP contribution in [0.3, 0.4) is 0 Å². The highest BCUT2D eigenvalue weighted by Crippen LogP contribution is 2.36. The summed E-state index contributed by atoms with van der Waals surface area (Å²) in [7, 11) is 0. The molecule has 0 aromatic carbocycles. The van der Waals surface area contributed by atoms with E-state index in [1.165, 1.54) is 0 Å². The molecule has 1 heterocycles. The van der Waals surface area contributed by atoms with Gasteiger partial charge in [-0.25, -0.2) is 0 Å². The smallest absolute Gasteiger partial charge is 0.219 e. The molecule has 0 bridgehead atoms. The Bertz CT molecular complexity index is 257. The van der Waals surface area contributed by atoms with Crippen molar-refractivity contribution in [2.75, 3.05) is 26.2 Å². The number of carbonyl (C=O) groups excluding carboxylic acids is 1. The highest BCUT2D eigenvalue weighted by atomic mass is 16.3. The molecule has 86 valence electrons. The van der Waals surface area contributed by atoms with E-state index in [-0.39, 0.29) is 5.91 Å². The lowest BCUT2D eigenvalue weighted by Gasteiger charge is -2.51. The first-order valence-electron chi connectivity index (χ1n) is 5.72. The van der Waals surface area contributed by atoms with Crippen LogP contribution in [0.25, 0.3) is 0 Å². The lowest BCUT2D eigenvalue weighted by molar-refractivity contribution is -0.136. The molecule has 1 saturated heterocycles. The lowest BCUT2D eigenvalue weighted by Crippen LogP contribution is -2.62. The summed E-state index contributed by atoms with van der Waals surface area (Å²) in [6.07, 6.45) is 2.00. The molecule has 0 aromatic heterocycles. The van der Waals surface area contributed by atoms with Crippen molar-refractivity contribution in [1.82, 2.24) is 9.80 Å². The van der Waals surface area contributed by atoms with Gasteiger partial charge in [0.1, 0.15) is 0 Å². The summed E-state index contributed by atoms with van der Waals surface area (Å²) in [4.78, 5) is 15.3. The van der Waals surface area contributed by atoms with E-state index >= 15 is 0 Å². The summed E-state index contributed by atoms with van der Waals surface area (Å²) in [6.45, 7) is 6.96. The number of hydrogen-bond donors (Lipinski definition) is 1. The van der Waals surface area contributed by atoms with Crippen LogP contribution in [0.1, 0.15) is 26.7 Å². The number of piperazine rings is 1. The monoisotopic (exact) mass is 212 g/mol. The van der Waals surface area contributed by atoms with Gasteiger partial charge in [-0.05, 0) is 19.8 Å². The summed E-state index contributed by atoms with van der Waals surface area (Å²) in [5, 5.41) is 9.98. The zero-order chi connectivity index (χ0) is 11.1. The summed E-state index contributed by atoms with van der Waals surface area (Å²) < 4.78 is 0. The van der Waals surface area contributed by atoms with Crippen molar-refractivity contribution in [2.45, 2.75) is 38.3 Å². The molecule has 0 spiro atoms. The summed E-state index contributed by atoms with van der Waals surface area (Å²) >= 11 is 0. The third-order valence-corrected chi connectivity index (χ3v) is 3.84. The number of nitrogens with zero attached hydrogens (tertiary/aromatic N) is 2. The Morgan fingerprint density at radius 3 is 2.27 bits per heavy atom. The maximum absolute atomic E-state index is 11.1. The molecule has 1 aliphatic carbocycles. The van der Waals surface area contributed by atoms with Crippen LogP contribution in [-0.4, -0.2) is 58.6 Å². The molecule has 1 aliphatic heterocycles. The third-order valence-electron chi connectivity index (χ3n) is 3.84. The molecule has 4 heteroatoms. The average molecular weight is 212 g/mol. The number of amides is 1. The molecule has 1 amide bonds. The number of hydrogen-bond acceptors (Lipinski definition) is 3. The Morgan fingerprint density at radius 2 is 1.93 bits per heavy atom. The Balaban J connectivity index is 1.86.